The number of anilines is 1. The fourth-order valence-corrected chi connectivity index (χ4v) is 3.85. The highest BCUT2D eigenvalue weighted by Gasteiger charge is 2.32. The predicted octanol–water partition coefficient (Wildman–Crippen LogP) is 4.42. The number of carboxylic acid groups (broad SMARTS) is 1. The van der Waals surface area contributed by atoms with Crippen LogP contribution in [0.5, 0.6) is 0 Å². The number of furan rings is 1. The Kier molecular flexibility index (Phi) is 5.12. The maximum atomic E-state index is 12.9. The number of hydrogen-bond acceptors (Lipinski definition) is 4. The SMILES string of the molecule is Cc1c(N2CCN(C(=O)c3cccc(C(F)(F)F)c3)CC2)ccc2oc(C(=O)O)cc12. The van der Waals surface area contributed by atoms with E-state index in [1.807, 2.05) is 13.0 Å². The van der Waals surface area contributed by atoms with Crippen LogP contribution in [0, 0.1) is 6.92 Å². The van der Waals surface area contributed by atoms with Crippen molar-refractivity contribution < 1.29 is 32.3 Å². The Balaban J connectivity index is 1.49. The van der Waals surface area contributed by atoms with E-state index in [4.69, 9.17) is 9.52 Å². The number of rotatable bonds is 3. The molecule has 0 aliphatic carbocycles. The van der Waals surface area contributed by atoms with Crippen molar-refractivity contribution in [2.75, 3.05) is 31.1 Å². The van der Waals surface area contributed by atoms with Crippen LogP contribution in [-0.4, -0.2) is 48.1 Å². The number of halogens is 3. The fourth-order valence-electron chi connectivity index (χ4n) is 3.85. The van der Waals surface area contributed by atoms with Crippen LogP contribution in [0.3, 0.4) is 0 Å². The molecule has 2 aromatic carbocycles. The number of aromatic carboxylic acids is 1. The smallest absolute Gasteiger partial charge is 0.416 e. The van der Waals surface area contributed by atoms with Gasteiger partial charge in [0.05, 0.1) is 5.56 Å². The molecule has 1 aliphatic heterocycles. The third-order valence-electron chi connectivity index (χ3n) is 5.50. The number of carbonyl (C=O) groups is 2. The Morgan fingerprint density at radius 3 is 2.39 bits per heavy atom. The summed E-state index contributed by atoms with van der Waals surface area (Å²) >= 11 is 0. The van der Waals surface area contributed by atoms with E-state index in [0.717, 1.165) is 23.4 Å². The van der Waals surface area contributed by atoms with Gasteiger partial charge in [-0.25, -0.2) is 4.79 Å². The van der Waals surface area contributed by atoms with Crippen LogP contribution in [0.15, 0.2) is 46.9 Å². The Bertz CT molecular complexity index is 1160. The monoisotopic (exact) mass is 432 g/mol. The first-order valence-electron chi connectivity index (χ1n) is 9.63. The topological polar surface area (TPSA) is 74.0 Å². The molecule has 1 saturated heterocycles. The molecule has 0 bridgehead atoms. The van der Waals surface area contributed by atoms with E-state index in [-0.39, 0.29) is 11.3 Å². The van der Waals surface area contributed by atoms with Crippen LogP contribution in [0.4, 0.5) is 18.9 Å². The molecule has 1 fully saturated rings. The average molecular weight is 432 g/mol. The van der Waals surface area contributed by atoms with Crippen LogP contribution in [0.1, 0.15) is 32.0 Å². The summed E-state index contributed by atoms with van der Waals surface area (Å²) in [6, 6.07) is 9.50. The number of piperazine rings is 1. The summed E-state index contributed by atoms with van der Waals surface area (Å²) in [5.41, 5.74) is 1.42. The predicted molar refractivity (Wildman–Crippen MR) is 107 cm³/mol. The zero-order chi connectivity index (χ0) is 22.3. The first-order valence-corrected chi connectivity index (χ1v) is 9.63. The number of benzene rings is 2. The van der Waals surface area contributed by atoms with Crippen molar-refractivity contribution >= 4 is 28.5 Å². The normalized spacial score (nSPS) is 14.8. The van der Waals surface area contributed by atoms with Crippen molar-refractivity contribution in [2.45, 2.75) is 13.1 Å². The molecule has 162 valence electrons. The van der Waals surface area contributed by atoms with Gasteiger partial charge < -0.3 is 19.3 Å². The quantitative estimate of drug-likeness (QED) is 0.663. The van der Waals surface area contributed by atoms with Gasteiger partial charge in [0.15, 0.2) is 0 Å². The number of alkyl halides is 3. The Morgan fingerprint density at radius 2 is 1.74 bits per heavy atom. The van der Waals surface area contributed by atoms with E-state index in [1.165, 1.54) is 18.2 Å². The van der Waals surface area contributed by atoms with Gasteiger partial charge in [0.25, 0.3) is 5.91 Å². The molecule has 0 radical (unpaired) electrons. The molecule has 6 nitrogen and oxygen atoms in total. The van der Waals surface area contributed by atoms with Crippen LogP contribution < -0.4 is 4.90 Å². The molecule has 2 heterocycles. The molecule has 3 aromatic rings. The maximum Gasteiger partial charge on any atom is 0.416 e. The highest BCUT2D eigenvalue weighted by atomic mass is 19.4. The zero-order valence-electron chi connectivity index (χ0n) is 16.6. The number of carboxylic acids is 1. The third-order valence-corrected chi connectivity index (χ3v) is 5.50. The van der Waals surface area contributed by atoms with Crippen molar-refractivity contribution in [3.8, 4) is 0 Å². The summed E-state index contributed by atoms with van der Waals surface area (Å²) in [6.07, 6.45) is -4.50. The first-order chi connectivity index (χ1) is 14.6. The summed E-state index contributed by atoms with van der Waals surface area (Å²) in [6.45, 7) is 3.59. The van der Waals surface area contributed by atoms with E-state index >= 15 is 0 Å². The summed E-state index contributed by atoms with van der Waals surface area (Å²) < 4.78 is 44.1. The molecule has 0 spiro atoms. The Labute approximate surface area is 175 Å². The standard InChI is InChI=1S/C22H19F3N2O4/c1-13-16-12-19(21(29)30)31-18(16)6-5-17(13)26-7-9-27(10-8-26)20(28)14-3-2-4-15(11-14)22(23,24)25/h2-6,11-12H,7-10H2,1H3,(H,29,30). The van der Waals surface area contributed by atoms with E-state index in [9.17, 15) is 22.8 Å². The van der Waals surface area contributed by atoms with Gasteiger partial charge in [-0.05, 0) is 48.9 Å². The van der Waals surface area contributed by atoms with E-state index in [1.54, 1.807) is 11.0 Å². The van der Waals surface area contributed by atoms with Crippen molar-refractivity contribution in [1.82, 2.24) is 4.90 Å². The number of aryl methyl sites for hydroxylation is 1. The van der Waals surface area contributed by atoms with Crippen LogP contribution in [0.2, 0.25) is 0 Å². The second-order valence-corrected chi connectivity index (χ2v) is 7.40. The molecule has 1 amide bonds. The van der Waals surface area contributed by atoms with Crippen molar-refractivity contribution in [3.05, 3.63) is 64.9 Å². The molecule has 31 heavy (non-hydrogen) atoms. The minimum absolute atomic E-state index is 0.0143. The molecule has 4 rings (SSSR count). The Hall–Kier alpha value is -3.49. The Morgan fingerprint density at radius 1 is 1.03 bits per heavy atom. The van der Waals surface area contributed by atoms with Crippen LogP contribution in [-0.2, 0) is 6.18 Å². The van der Waals surface area contributed by atoms with Gasteiger partial charge in [-0.2, -0.15) is 13.2 Å². The summed E-state index contributed by atoms with van der Waals surface area (Å²) in [5.74, 6) is -1.70. The summed E-state index contributed by atoms with van der Waals surface area (Å²) in [5, 5.41) is 9.83. The van der Waals surface area contributed by atoms with Gasteiger partial charge in [0.1, 0.15) is 5.58 Å². The van der Waals surface area contributed by atoms with Gasteiger partial charge >= 0.3 is 12.1 Å². The summed E-state index contributed by atoms with van der Waals surface area (Å²) in [4.78, 5) is 27.5. The maximum absolute atomic E-state index is 12.9. The molecular weight excluding hydrogens is 413 g/mol. The van der Waals surface area contributed by atoms with E-state index < -0.39 is 23.6 Å². The molecule has 0 atom stereocenters. The van der Waals surface area contributed by atoms with Crippen molar-refractivity contribution in [1.29, 1.82) is 0 Å². The summed E-state index contributed by atoms with van der Waals surface area (Å²) in [7, 11) is 0. The van der Waals surface area contributed by atoms with Crippen molar-refractivity contribution in [2.24, 2.45) is 0 Å². The molecular formula is C22H19F3N2O4. The lowest BCUT2D eigenvalue weighted by molar-refractivity contribution is -0.137. The van der Waals surface area contributed by atoms with E-state index in [2.05, 4.69) is 4.90 Å². The van der Waals surface area contributed by atoms with Crippen LogP contribution >= 0.6 is 0 Å². The van der Waals surface area contributed by atoms with Gasteiger partial charge in [-0.15, -0.1) is 0 Å². The molecule has 1 aliphatic rings. The number of nitrogens with zero attached hydrogens (tertiary/aromatic N) is 2. The lowest BCUT2D eigenvalue weighted by atomic mass is 10.1. The molecule has 0 unspecified atom stereocenters. The first kappa shape index (κ1) is 20.8. The molecule has 0 saturated carbocycles. The minimum atomic E-state index is -4.50. The second kappa shape index (κ2) is 7.64. The highest BCUT2D eigenvalue weighted by molar-refractivity contribution is 5.95. The number of amides is 1. The second-order valence-electron chi connectivity index (χ2n) is 7.40. The number of hydrogen-bond donors (Lipinski definition) is 1. The highest BCUT2D eigenvalue weighted by Crippen LogP contribution is 2.32. The number of fused-ring (bicyclic) bond motifs is 1. The van der Waals surface area contributed by atoms with Crippen LogP contribution in [0.25, 0.3) is 11.0 Å². The minimum Gasteiger partial charge on any atom is -0.475 e. The number of carbonyl (C=O) groups excluding carboxylic acids is 1. The fraction of sp³-hybridized carbons (Fsp3) is 0.273. The zero-order valence-corrected chi connectivity index (χ0v) is 16.6. The van der Waals surface area contributed by atoms with Gasteiger partial charge in [-0.1, -0.05) is 6.07 Å². The lowest BCUT2D eigenvalue weighted by Gasteiger charge is -2.37. The van der Waals surface area contributed by atoms with E-state index in [0.29, 0.717) is 37.1 Å². The van der Waals surface area contributed by atoms with Crippen molar-refractivity contribution in [3.63, 3.8) is 0 Å². The van der Waals surface area contributed by atoms with Gasteiger partial charge in [0.2, 0.25) is 5.76 Å². The molecule has 1 N–H and O–H groups in total. The average Bonchev–Trinajstić information content (AvgIpc) is 3.19. The third kappa shape index (κ3) is 3.95. The molecule has 1 aromatic heterocycles. The molecule has 9 heteroatoms. The largest absolute Gasteiger partial charge is 0.475 e. The van der Waals surface area contributed by atoms with Gasteiger partial charge in [-0.3, -0.25) is 4.79 Å². The van der Waals surface area contributed by atoms with Gasteiger partial charge in [0, 0.05) is 42.8 Å². The lowest BCUT2D eigenvalue weighted by Crippen LogP contribution is -2.49.